The molecule has 3 rings (SSSR count). The van der Waals surface area contributed by atoms with Gasteiger partial charge in [-0.1, -0.05) is 17.7 Å². The van der Waals surface area contributed by atoms with Gasteiger partial charge in [0.15, 0.2) is 13.2 Å². The number of benzene rings is 2. The van der Waals surface area contributed by atoms with Crippen LogP contribution in [-0.2, 0) is 9.59 Å². The first kappa shape index (κ1) is 16.1. The lowest BCUT2D eigenvalue weighted by atomic mass is 10.2. The lowest BCUT2D eigenvalue weighted by Gasteiger charge is -2.18. The Hall–Kier alpha value is -2.73. The highest BCUT2D eigenvalue weighted by molar-refractivity contribution is 6.31. The van der Waals surface area contributed by atoms with E-state index in [1.165, 1.54) is 0 Å². The van der Waals surface area contributed by atoms with Gasteiger partial charge < -0.3 is 20.1 Å². The number of rotatable bonds is 4. The Morgan fingerprint density at radius 1 is 1.38 bits per heavy atom. The molecule has 124 valence electrons. The average molecular weight is 347 g/mol. The van der Waals surface area contributed by atoms with Crippen LogP contribution in [0.15, 0.2) is 36.4 Å². The SMILES string of the molecule is Cc1c(Cl)cccc1NC(=O)COc1ccc2c(c1)NC(=O)CO2. The van der Waals surface area contributed by atoms with Crippen LogP contribution in [0, 0.1) is 6.92 Å². The predicted molar refractivity (Wildman–Crippen MR) is 90.9 cm³/mol. The summed E-state index contributed by atoms with van der Waals surface area (Å²) in [6.45, 7) is 1.65. The lowest BCUT2D eigenvalue weighted by molar-refractivity contribution is -0.119. The van der Waals surface area contributed by atoms with Crippen molar-refractivity contribution in [3.8, 4) is 11.5 Å². The van der Waals surface area contributed by atoms with E-state index in [4.69, 9.17) is 21.1 Å². The van der Waals surface area contributed by atoms with Crippen molar-refractivity contribution in [1.29, 1.82) is 0 Å². The van der Waals surface area contributed by atoms with Gasteiger partial charge in [0.2, 0.25) is 0 Å². The second-order valence-corrected chi connectivity index (χ2v) is 5.65. The normalized spacial score (nSPS) is 12.7. The topological polar surface area (TPSA) is 76.7 Å². The van der Waals surface area contributed by atoms with Crippen molar-refractivity contribution in [3.63, 3.8) is 0 Å². The number of amides is 2. The van der Waals surface area contributed by atoms with Crippen LogP contribution in [0.5, 0.6) is 11.5 Å². The monoisotopic (exact) mass is 346 g/mol. The van der Waals surface area contributed by atoms with Crippen molar-refractivity contribution in [3.05, 3.63) is 47.0 Å². The molecule has 0 spiro atoms. The van der Waals surface area contributed by atoms with Gasteiger partial charge in [-0.2, -0.15) is 0 Å². The second kappa shape index (κ2) is 6.80. The lowest BCUT2D eigenvalue weighted by Crippen LogP contribution is -2.25. The molecule has 0 bridgehead atoms. The summed E-state index contributed by atoms with van der Waals surface area (Å²) in [5.41, 5.74) is 1.96. The van der Waals surface area contributed by atoms with Crippen molar-refractivity contribution in [1.82, 2.24) is 0 Å². The number of hydrogen-bond acceptors (Lipinski definition) is 4. The van der Waals surface area contributed by atoms with Crippen molar-refractivity contribution < 1.29 is 19.1 Å². The summed E-state index contributed by atoms with van der Waals surface area (Å²) in [4.78, 5) is 23.3. The molecule has 0 atom stereocenters. The molecule has 0 radical (unpaired) electrons. The molecule has 24 heavy (non-hydrogen) atoms. The summed E-state index contributed by atoms with van der Waals surface area (Å²) in [6.07, 6.45) is 0. The Bertz CT molecular complexity index is 807. The quantitative estimate of drug-likeness (QED) is 0.892. The molecule has 1 aliphatic rings. The third kappa shape index (κ3) is 3.60. The van der Waals surface area contributed by atoms with Gasteiger partial charge in [0, 0.05) is 16.8 Å². The van der Waals surface area contributed by atoms with Crippen LogP contribution >= 0.6 is 11.6 Å². The van der Waals surface area contributed by atoms with Crippen LogP contribution < -0.4 is 20.1 Å². The first-order valence-electron chi connectivity index (χ1n) is 7.27. The van der Waals surface area contributed by atoms with Crippen LogP contribution in [0.2, 0.25) is 5.02 Å². The molecule has 2 aromatic carbocycles. The third-order valence-corrected chi connectivity index (χ3v) is 3.91. The summed E-state index contributed by atoms with van der Waals surface area (Å²) < 4.78 is 10.7. The predicted octanol–water partition coefficient (Wildman–Crippen LogP) is 3.00. The third-order valence-electron chi connectivity index (χ3n) is 3.50. The summed E-state index contributed by atoms with van der Waals surface area (Å²) >= 11 is 6.02. The molecule has 2 N–H and O–H groups in total. The number of nitrogens with one attached hydrogen (secondary N) is 2. The van der Waals surface area contributed by atoms with Crippen LogP contribution in [0.1, 0.15) is 5.56 Å². The molecule has 0 fully saturated rings. The number of anilines is 2. The zero-order chi connectivity index (χ0) is 17.1. The fourth-order valence-electron chi connectivity index (χ4n) is 2.23. The molecule has 0 saturated carbocycles. The average Bonchev–Trinajstić information content (AvgIpc) is 2.57. The zero-order valence-corrected chi connectivity index (χ0v) is 13.6. The van der Waals surface area contributed by atoms with E-state index in [1.54, 1.807) is 36.4 Å². The minimum Gasteiger partial charge on any atom is -0.484 e. The van der Waals surface area contributed by atoms with Crippen molar-refractivity contribution in [2.75, 3.05) is 23.8 Å². The maximum atomic E-state index is 12.0. The first-order chi connectivity index (χ1) is 11.5. The minimum absolute atomic E-state index is 0.00536. The smallest absolute Gasteiger partial charge is 0.262 e. The van der Waals surface area contributed by atoms with E-state index in [0.717, 1.165) is 5.56 Å². The number of halogens is 1. The standard InChI is InChI=1S/C17H15ClN2O4/c1-10-12(18)3-2-4-13(10)19-16(21)8-23-11-5-6-15-14(7-11)20-17(22)9-24-15/h2-7H,8-9H2,1H3,(H,19,21)(H,20,22). The Morgan fingerprint density at radius 3 is 3.04 bits per heavy atom. The molecule has 2 aromatic rings. The van der Waals surface area contributed by atoms with E-state index < -0.39 is 0 Å². The van der Waals surface area contributed by atoms with Gasteiger partial charge in [0.05, 0.1) is 5.69 Å². The van der Waals surface area contributed by atoms with Gasteiger partial charge >= 0.3 is 0 Å². The second-order valence-electron chi connectivity index (χ2n) is 5.24. The number of fused-ring (bicyclic) bond motifs is 1. The Balaban J connectivity index is 1.61. The number of carbonyl (C=O) groups is 2. The molecule has 7 heteroatoms. The van der Waals surface area contributed by atoms with Crippen LogP contribution in [0.3, 0.4) is 0 Å². The van der Waals surface area contributed by atoms with Gasteiger partial charge in [-0.15, -0.1) is 0 Å². The Morgan fingerprint density at radius 2 is 2.21 bits per heavy atom. The Kier molecular flexibility index (Phi) is 4.57. The van der Waals surface area contributed by atoms with E-state index >= 15 is 0 Å². The summed E-state index contributed by atoms with van der Waals surface area (Å²) in [5, 5.41) is 6.01. The first-order valence-corrected chi connectivity index (χ1v) is 7.65. The fraction of sp³-hybridized carbons (Fsp3) is 0.176. The largest absolute Gasteiger partial charge is 0.484 e. The van der Waals surface area contributed by atoms with Gasteiger partial charge in [-0.3, -0.25) is 9.59 Å². The molecule has 2 amide bonds. The van der Waals surface area contributed by atoms with Crippen LogP contribution in [0.4, 0.5) is 11.4 Å². The number of hydrogen-bond donors (Lipinski definition) is 2. The van der Waals surface area contributed by atoms with Crippen LogP contribution in [0.25, 0.3) is 0 Å². The zero-order valence-electron chi connectivity index (χ0n) is 12.9. The summed E-state index contributed by atoms with van der Waals surface area (Å²) in [6, 6.07) is 10.3. The highest BCUT2D eigenvalue weighted by Gasteiger charge is 2.16. The Labute approximate surface area is 143 Å². The molecule has 0 saturated heterocycles. The van der Waals surface area contributed by atoms with E-state index in [9.17, 15) is 9.59 Å². The molecule has 0 aromatic heterocycles. The number of ether oxygens (including phenoxy) is 2. The molecule has 0 aliphatic carbocycles. The molecule has 6 nitrogen and oxygen atoms in total. The molecule has 0 unspecified atom stereocenters. The van der Waals surface area contributed by atoms with E-state index in [-0.39, 0.29) is 25.0 Å². The summed E-state index contributed by atoms with van der Waals surface area (Å²) in [5.74, 6) is 0.491. The minimum atomic E-state index is -0.307. The van der Waals surface area contributed by atoms with Gasteiger partial charge in [0.25, 0.3) is 11.8 Å². The maximum Gasteiger partial charge on any atom is 0.262 e. The molecular weight excluding hydrogens is 332 g/mol. The molecule has 1 heterocycles. The fourth-order valence-corrected chi connectivity index (χ4v) is 2.40. The number of carbonyl (C=O) groups excluding carboxylic acids is 2. The van der Waals surface area contributed by atoms with Crippen molar-refractivity contribution in [2.45, 2.75) is 6.92 Å². The van der Waals surface area contributed by atoms with E-state index in [2.05, 4.69) is 10.6 Å². The molecule has 1 aliphatic heterocycles. The van der Waals surface area contributed by atoms with Crippen molar-refractivity contribution >= 4 is 34.8 Å². The van der Waals surface area contributed by atoms with E-state index in [0.29, 0.717) is 27.9 Å². The highest BCUT2D eigenvalue weighted by Crippen LogP contribution is 2.31. The van der Waals surface area contributed by atoms with Crippen LogP contribution in [-0.4, -0.2) is 25.0 Å². The maximum absolute atomic E-state index is 12.0. The van der Waals surface area contributed by atoms with Gasteiger partial charge in [-0.25, -0.2) is 0 Å². The van der Waals surface area contributed by atoms with Crippen molar-refractivity contribution in [2.24, 2.45) is 0 Å². The highest BCUT2D eigenvalue weighted by atomic mass is 35.5. The van der Waals surface area contributed by atoms with E-state index in [1.807, 2.05) is 6.92 Å². The van der Waals surface area contributed by atoms with Gasteiger partial charge in [-0.05, 0) is 36.8 Å². The van der Waals surface area contributed by atoms with Gasteiger partial charge in [0.1, 0.15) is 11.5 Å². The molecular formula is C17H15ClN2O4. The summed E-state index contributed by atoms with van der Waals surface area (Å²) in [7, 11) is 0.